The second-order valence-corrected chi connectivity index (χ2v) is 5.02. The molecule has 6 nitrogen and oxygen atoms in total. The van der Waals surface area contributed by atoms with Gasteiger partial charge in [-0.1, -0.05) is 12.1 Å². The summed E-state index contributed by atoms with van der Waals surface area (Å²) >= 11 is 3.22. The van der Waals surface area contributed by atoms with Crippen LogP contribution in [0.15, 0.2) is 49.9 Å². The molecule has 0 aliphatic rings. The maximum absolute atomic E-state index is 5.57. The molecule has 0 bridgehead atoms. The van der Waals surface area contributed by atoms with Gasteiger partial charge in [0.05, 0.1) is 0 Å². The number of furan rings is 1. The van der Waals surface area contributed by atoms with Crippen molar-refractivity contribution in [3.05, 3.63) is 52.5 Å². The average Bonchev–Trinajstić information content (AvgIpc) is 3.14. The molecule has 0 aliphatic heterocycles. The minimum absolute atomic E-state index is 0.191. The highest BCUT2D eigenvalue weighted by Crippen LogP contribution is 2.24. The number of hydrogen-bond acceptors (Lipinski definition) is 6. The molecule has 21 heavy (non-hydrogen) atoms. The highest BCUT2D eigenvalue weighted by molar-refractivity contribution is 9.10. The third-order valence-corrected chi connectivity index (χ3v) is 3.20. The van der Waals surface area contributed by atoms with Gasteiger partial charge in [0.25, 0.3) is 11.8 Å². The topological polar surface area (TPSA) is 87.3 Å². The maximum Gasteiger partial charge on any atom is 0.283 e. The number of benzene rings is 1. The van der Waals surface area contributed by atoms with E-state index >= 15 is 0 Å². The van der Waals surface area contributed by atoms with Crippen molar-refractivity contribution in [2.75, 3.05) is 0 Å². The largest absolute Gasteiger partial charge is 0.484 e. The molecule has 0 spiro atoms. The van der Waals surface area contributed by atoms with Gasteiger partial charge in [0, 0.05) is 6.54 Å². The molecular weight excluding hydrogens is 338 g/mol. The van der Waals surface area contributed by atoms with E-state index in [-0.39, 0.29) is 6.61 Å². The Morgan fingerprint density at radius 1 is 1.05 bits per heavy atom. The molecule has 108 valence electrons. The first-order valence-corrected chi connectivity index (χ1v) is 7.04. The molecule has 3 aromatic rings. The van der Waals surface area contributed by atoms with E-state index in [0.29, 0.717) is 34.5 Å². The minimum atomic E-state index is 0.191. The van der Waals surface area contributed by atoms with Gasteiger partial charge >= 0.3 is 0 Å². The first kappa shape index (κ1) is 13.8. The van der Waals surface area contributed by atoms with Crippen molar-refractivity contribution in [3.63, 3.8) is 0 Å². The van der Waals surface area contributed by atoms with Gasteiger partial charge < -0.3 is 19.3 Å². The summed E-state index contributed by atoms with van der Waals surface area (Å²) in [4.78, 5) is 0. The number of rotatable bonds is 5. The molecule has 0 unspecified atom stereocenters. The molecule has 1 aromatic carbocycles. The lowest BCUT2D eigenvalue weighted by molar-refractivity contribution is 0.263. The highest BCUT2D eigenvalue weighted by Gasteiger charge is 2.12. The Morgan fingerprint density at radius 2 is 1.86 bits per heavy atom. The zero-order valence-electron chi connectivity index (χ0n) is 11.0. The van der Waals surface area contributed by atoms with Gasteiger partial charge in [0.1, 0.15) is 5.75 Å². The van der Waals surface area contributed by atoms with E-state index in [4.69, 9.17) is 19.3 Å². The zero-order valence-corrected chi connectivity index (χ0v) is 12.5. The Bertz CT molecular complexity index is 721. The van der Waals surface area contributed by atoms with Gasteiger partial charge in [0.15, 0.2) is 17.0 Å². The summed E-state index contributed by atoms with van der Waals surface area (Å²) in [5, 5.41) is 7.83. The molecular formula is C14H12BrN3O3. The number of halogens is 1. The van der Waals surface area contributed by atoms with Crippen molar-refractivity contribution in [1.82, 2.24) is 10.2 Å². The summed E-state index contributed by atoms with van der Waals surface area (Å²) in [5.74, 6) is 1.92. The first-order valence-electron chi connectivity index (χ1n) is 6.24. The van der Waals surface area contributed by atoms with E-state index in [0.717, 1.165) is 5.56 Å². The summed E-state index contributed by atoms with van der Waals surface area (Å²) in [6, 6.07) is 11.0. The molecule has 0 saturated heterocycles. The number of aromatic nitrogens is 2. The van der Waals surface area contributed by atoms with Crippen molar-refractivity contribution >= 4 is 15.9 Å². The molecule has 0 atom stereocenters. The number of hydrogen-bond donors (Lipinski definition) is 1. The van der Waals surface area contributed by atoms with Crippen molar-refractivity contribution in [2.24, 2.45) is 5.73 Å². The maximum atomic E-state index is 5.57. The van der Waals surface area contributed by atoms with E-state index in [9.17, 15) is 0 Å². The van der Waals surface area contributed by atoms with Crippen LogP contribution in [0.3, 0.4) is 0 Å². The number of nitrogens with zero attached hydrogens (tertiary/aromatic N) is 2. The van der Waals surface area contributed by atoms with Crippen molar-refractivity contribution in [1.29, 1.82) is 0 Å². The Hall–Kier alpha value is -2.12. The summed E-state index contributed by atoms with van der Waals surface area (Å²) in [6.07, 6.45) is 0. The summed E-state index contributed by atoms with van der Waals surface area (Å²) in [6.45, 7) is 0.697. The van der Waals surface area contributed by atoms with E-state index in [1.807, 2.05) is 24.3 Å². The van der Waals surface area contributed by atoms with Gasteiger partial charge in [-0.05, 0) is 45.8 Å². The molecule has 0 radical (unpaired) electrons. The van der Waals surface area contributed by atoms with E-state index in [2.05, 4.69) is 26.1 Å². The molecule has 2 heterocycles. The molecule has 0 amide bonds. The van der Waals surface area contributed by atoms with Gasteiger partial charge in [-0.25, -0.2) is 0 Å². The average molecular weight is 350 g/mol. The fourth-order valence-corrected chi connectivity index (χ4v) is 2.01. The normalized spacial score (nSPS) is 10.8. The molecule has 0 aliphatic carbocycles. The molecule has 3 rings (SSSR count). The van der Waals surface area contributed by atoms with Crippen LogP contribution in [0, 0.1) is 0 Å². The van der Waals surface area contributed by atoms with Crippen LogP contribution in [0.1, 0.15) is 11.5 Å². The molecule has 0 saturated carbocycles. The minimum Gasteiger partial charge on any atom is -0.484 e. The second kappa shape index (κ2) is 6.11. The van der Waals surface area contributed by atoms with Crippen molar-refractivity contribution in [3.8, 4) is 17.4 Å². The lowest BCUT2D eigenvalue weighted by Gasteiger charge is -2.03. The summed E-state index contributed by atoms with van der Waals surface area (Å²) in [7, 11) is 0. The third kappa shape index (κ3) is 3.32. The summed E-state index contributed by atoms with van der Waals surface area (Å²) in [5.41, 5.74) is 6.59. The standard InChI is InChI=1S/C14H12BrN3O3/c15-12-6-5-11(20-12)14-18-17-13(21-14)8-19-10-3-1-9(7-16)2-4-10/h1-6H,7-8,16H2. The number of nitrogens with two attached hydrogens (primary N) is 1. The Balaban J connectivity index is 1.64. The fourth-order valence-electron chi connectivity index (χ4n) is 1.71. The summed E-state index contributed by atoms with van der Waals surface area (Å²) < 4.78 is 17.0. The Labute approximate surface area is 129 Å². The van der Waals surface area contributed by atoms with Crippen LogP contribution in [0.5, 0.6) is 5.75 Å². The quantitative estimate of drug-likeness (QED) is 0.761. The van der Waals surface area contributed by atoms with Crippen LogP contribution in [0.25, 0.3) is 11.7 Å². The van der Waals surface area contributed by atoms with Crippen LogP contribution in [-0.2, 0) is 13.2 Å². The molecule has 7 heteroatoms. The molecule has 2 N–H and O–H groups in total. The fraction of sp³-hybridized carbons (Fsp3) is 0.143. The predicted octanol–water partition coefficient (Wildman–Crippen LogP) is 3.13. The van der Waals surface area contributed by atoms with Crippen LogP contribution in [0.4, 0.5) is 0 Å². The lowest BCUT2D eigenvalue weighted by Crippen LogP contribution is -1.98. The Kier molecular flexibility index (Phi) is 4.03. The number of ether oxygens (including phenoxy) is 1. The second-order valence-electron chi connectivity index (χ2n) is 4.24. The SMILES string of the molecule is NCc1ccc(OCc2nnc(-c3ccc(Br)o3)o2)cc1. The Morgan fingerprint density at radius 3 is 2.52 bits per heavy atom. The molecule has 0 fully saturated rings. The predicted molar refractivity (Wildman–Crippen MR) is 78.4 cm³/mol. The van der Waals surface area contributed by atoms with Gasteiger partial charge in [0.2, 0.25) is 0 Å². The van der Waals surface area contributed by atoms with Gasteiger partial charge in [-0.3, -0.25) is 0 Å². The van der Waals surface area contributed by atoms with Crippen LogP contribution in [-0.4, -0.2) is 10.2 Å². The highest BCUT2D eigenvalue weighted by atomic mass is 79.9. The third-order valence-electron chi connectivity index (χ3n) is 2.77. The molecule has 2 aromatic heterocycles. The van der Waals surface area contributed by atoms with E-state index in [1.54, 1.807) is 12.1 Å². The van der Waals surface area contributed by atoms with Gasteiger partial charge in [-0.2, -0.15) is 0 Å². The van der Waals surface area contributed by atoms with Crippen molar-refractivity contribution in [2.45, 2.75) is 13.2 Å². The zero-order chi connectivity index (χ0) is 14.7. The lowest BCUT2D eigenvalue weighted by atomic mass is 10.2. The van der Waals surface area contributed by atoms with Crippen LogP contribution in [0.2, 0.25) is 0 Å². The van der Waals surface area contributed by atoms with Crippen LogP contribution < -0.4 is 10.5 Å². The van der Waals surface area contributed by atoms with Crippen molar-refractivity contribution < 1.29 is 13.6 Å². The van der Waals surface area contributed by atoms with Crippen LogP contribution >= 0.6 is 15.9 Å². The van der Waals surface area contributed by atoms with E-state index < -0.39 is 0 Å². The first-order chi connectivity index (χ1) is 10.2. The smallest absolute Gasteiger partial charge is 0.283 e. The monoisotopic (exact) mass is 349 g/mol. The van der Waals surface area contributed by atoms with Gasteiger partial charge in [-0.15, -0.1) is 10.2 Å². The van der Waals surface area contributed by atoms with E-state index in [1.165, 1.54) is 0 Å².